The standard InChI is InChI=1S/C27H25NO4/c29-26(30)25(15-17-9-11-18(12-10-17)19-13-14-19)28-27(31)32-16-24-22-7-3-1-5-20(22)21-6-2-4-8-23(21)24/h1-12,19,24-25H,13-16H2,(H,28,31)(H,29,30). The summed E-state index contributed by atoms with van der Waals surface area (Å²) in [7, 11) is 0. The van der Waals surface area contributed by atoms with E-state index in [0.29, 0.717) is 5.92 Å². The molecule has 0 aromatic heterocycles. The van der Waals surface area contributed by atoms with Crippen molar-refractivity contribution < 1.29 is 19.4 Å². The van der Waals surface area contributed by atoms with Crippen LogP contribution in [-0.2, 0) is 16.0 Å². The molecule has 162 valence electrons. The van der Waals surface area contributed by atoms with Crippen LogP contribution < -0.4 is 5.32 Å². The van der Waals surface area contributed by atoms with Crippen LogP contribution in [0, 0.1) is 0 Å². The van der Waals surface area contributed by atoms with Crippen LogP contribution in [0.3, 0.4) is 0 Å². The summed E-state index contributed by atoms with van der Waals surface area (Å²) in [6.07, 6.45) is 1.94. The maximum absolute atomic E-state index is 12.5. The van der Waals surface area contributed by atoms with E-state index in [9.17, 15) is 14.7 Å². The van der Waals surface area contributed by atoms with E-state index in [0.717, 1.165) is 27.8 Å². The van der Waals surface area contributed by atoms with Crippen molar-refractivity contribution in [1.29, 1.82) is 0 Å². The zero-order valence-electron chi connectivity index (χ0n) is 17.7. The van der Waals surface area contributed by atoms with Gasteiger partial charge in [-0.05, 0) is 52.1 Å². The van der Waals surface area contributed by atoms with Gasteiger partial charge >= 0.3 is 12.1 Å². The molecular formula is C27H25NO4. The number of carboxylic acid groups (broad SMARTS) is 1. The van der Waals surface area contributed by atoms with Gasteiger partial charge < -0.3 is 15.2 Å². The Hall–Kier alpha value is -3.60. The number of ether oxygens (including phenoxy) is 1. The summed E-state index contributed by atoms with van der Waals surface area (Å²) >= 11 is 0. The van der Waals surface area contributed by atoms with E-state index < -0.39 is 18.1 Å². The topological polar surface area (TPSA) is 75.6 Å². The summed E-state index contributed by atoms with van der Waals surface area (Å²) in [5, 5.41) is 12.1. The van der Waals surface area contributed by atoms with E-state index in [1.807, 2.05) is 48.5 Å². The zero-order chi connectivity index (χ0) is 22.1. The molecule has 5 nitrogen and oxygen atoms in total. The maximum Gasteiger partial charge on any atom is 0.407 e. The first-order valence-corrected chi connectivity index (χ1v) is 11.0. The van der Waals surface area contributed by atoms with Gasteiger partial charge in [-0.2, -0.15) is 0 Å². The zero-order valence-corrected chi connectivity index (χ0v) is 17.7. The van der Waals surface area contributed by atoms with Crippen LogP contribution in [0.4, 0.5) is 4.79 Å². The number of carbonyl (C=O) groups excluding carboxylic acids is 1. The number of hydrogen-bond acceptors (Lipinski definition) is 3. The van der Waals surface area contributed by atoms with E-state index in [4.69, 9.17) is 4.74 Å². The van der Waals surface area contributed by atoms with Crippen molar-refractivity contribution in [2.45, 2.75) is 37.1 Å². The number of alkyl carbamates (subject to hydrolysis) is 1. The molecule has 3 aromatic carbocycles. The Balaban J connectivity index is 1.23. The third-order valence-electron chi connectivity index (χ3n) is 6.40. The smallest absolute Gasteiger partial charge is 0.407 e. The molecule has 0 bridgehead atoms. The van der Waals surface area contributed by atoms with Gasteiger partial charge in [-0.15, -0.1) is 0 Å². The van der Waals surface area contributed by atoms with Gasteiger partial charge in [0.05, 0.1) is 0 Å². The van der Waals surface area contributed by atoms with Gasteiger partial charge in [-0.3, -0.25) is 0 Å². The fraction of sp³-hybridized carbons (Fsp3) is 0.259. The molecule has 3 aromatic rings. The highest BCUT2D eigenvalue weighted by atomic mass is 16.5. The lowest BCUT2D eigenvalue weighted by molar-refractivity contribution is -0.139. The summed E-state index contributed by atoms with van der Waals surface area (Å²) in [6.45, 7) is 0.155. The molecule has 1 amide bonds. The Labute approximate surface area is 187 Å². The summed E-state index contributed by atoms with van der Waals surface area (Å²) in [4.78, 5) is 24.2. The number of aliphatic carboxylic acids is 1. The molecule has 2 N–H and O–H groups in total. The third kappa shape index (κ3) is 4.11. The highest BCUT2D eigenvalue weighted by Crippen LogP contribution is 2.44. The van der Waals surface area contributed by atoms with Gasteiger partial charge in [-0.25, -0.2) is 9.59 Å². The Morgan fingerprint density at radius 3 is 2.06 bits per heavy atom. The fourth-order valence-electron chi connectivity index (χ4n) is 4.56. The van der Waals surface area contributed by atoms with E-state index in [1.54, 1.807) is 0 Å². The second-order valence-corrected chi connectivity index (χ2v) is 8.58. The lowest BCUT2D eigenvalue weighted by Gasteiger charge is -2.17. The van der Waals surface area contributed by atoms with E-state index >= 15 is 0 Å². The SMILES string of the molecule is O=C(NC(Cc1ccc(C2CC2)cc1)C(=O)O)OCC1c2ccccc2-c2ccccc21. The largest absolute Gasteiger partial charge is 0.480 e. The van der Waals surface area contributed by atoms with Gasteiger partial charge in [0.2, 0.25) is 0 Å². The molecule has 5 heteroatoms. The van der Waals surface area contributed by atoms with Gasteiger partial charge in [0, 0.05) is 12.3 Å². The lowest BCUT2D eigenvalue weighted by atomic mass is 9.98. The number of nitrogens with one attached hydrogen (secondary N) is 1. The molecule has 0 radical (unpaired) electrons. The van der Waals surface area contributed by atoms with E-state index in [-0.39, 0.29) is 18.9 Å². The third-order valence-corrected chi connectivity index (χ3v) is 6.40. The molecule has 2 aliphatic rings. The fourth-order valence-corrected chi connectivity index (χ4v) is 4.56. The first-order chi connectivity index (χ1) is 15.6. The highest BCUT2D eigenvalue weighted by molar-refractivity contribution is 5.81. The Kier molecular flexibility index (Phi) is 5.39. The van der Waals surface area contributed by atoms with Crippen LogP contribution in [0.1, 0.15) is 46.9 Å². The second kappa shape index (κ2) is 8.50. The minimum atomic E-state index is -1.08. The highest BCUT2D eigenvalue weighted by Gasteiger charge is 2.30. The Morgan fingerprint density at radius 2 is 1.50 bits per heavy atom. The van der Waals surface area contributed by atoms with E-state index in [2.05, 4.69) is 29.6 Å². The van der Waals surface area contributed by atoms with Gasteiger partial charge in [0.15, 0.2) is 0 Å². The maximum atomic E-state index is 12.5. The molecule has 32 heavy (non-hydrogen) atoms. The van der Waals surface area contributed by atoms with Crippen molar-refractivity contribution in [1.82, 2.24) is 5.32 Å². The monoisotopic (exact) mass is 427 g/mol. The van der Waals surface area contributed by atoms with Crippen LogP contribution in [0.25, 0.3) is 11.1 Å². The summed E-state index contributed by atoms with van der Waals surface area (Å²) in [5.74, 6) is -0.491. The minimum absolute atomic E-state index is 0.0635. The molecule has 1 unspecified atom stereocenters. The first-order valence-electron chi connectivity index (χ1n) is 11.0. The number of rotatable bonds is 7. The van der Waals surface area contributed by atoms with Crippen molar-refractivity contribution in [2.24, 2.45) is 0 Å². The molecule has 5 rings (SSSR count). The van der Waals surface area contributed by atoms with Crippen molar-refractivity contribution >= 4 is 12.1 Å². The van der Waals surface area contributed by atoms with E-state index in [1.165, 1.54) is 18.4 Å². The first kappa shape index (κ1) is 20.3. The predicted molar refractivity (Wildman–Crippen MR) is 122 cm³/mol. The number of fused-ring (bicyclic) bond motifs is 3. The van der Waals surface area contributed by atoms with Crippen LogP contribution >= 0.6 is 0 Å². The lowest BCUT2D eigenvalue weighted by Crippen LogP contribution is -2.42. The molecular weight excluding hydrogens is 402 g/mol. The number of amides is 1. The Morgan fingerprint density at radius 1 is 0.906 bits per heavy atom. The average molecular weight is 428 g/mol. The Bertz CT molecular complexity index is 1100. The van der Waals surface area contributed by atoms with Crippen molar-refractivity contribution in [3.8, 4) is 11.1 Å². The molecule has 0 saturated heterocycles. The number of carboxylic acids is 1. The van der Waals surface area contributed by atoms with Crippen LogP contribution in [0.15, 0.2) is 72.8 Å². The molecule has 0 spiro atoms. The molecule has 1 fully saturated rings. The normalized spacial score (nSPS) is 15.5. The van der Waals surface area contributed by atoms with Crippen molar-refractivity contribution in [3.63, 3.8) is 0 Å². The van der Waals surface area contributed by atoms with Crippen LogP contribution in [-0.4, -0.2) is 29.8 Å². The molecule has 1 saturated carbocycles. The summed E-state index contributed by atoms with van der Waals surface area (Å²) in [5.41, 5.74) is 6.70. The van der Waals surface area contributed by atoms with Gasteiger partial charge in [-0.1, -0.05) is 72.8 Å². The molecule has 0 aliphatic heterocycles. The molecule has 2 aliphatic carbocycles. The second-order valence-electron chi connectivity index (χ2n) is 8.58. The summed E-state index contributed by atoms with van der Waals surface area (Å²) in [6, 6.07) is 23.2. The van der Waals surface area contributed by atoms with Crippen LogP contribution in [0.5, 0.6) is 0 Å². The number of hydrogen-bond donors (Lipinski definition) is 2. The molecule has 1 atom stereocenters. The van der Waals surface area contributed by atoms with Crippen molar-refractivity contribution in [2.75, 3.05) is 6.61 Å². The number of carbonyl (C=O) groups is 2. The molecule has 0 heterocycles. The average Bonchev–Trinajstić information content (AvgIpc) is 3.61. The van der Waals surface area contributed by atoms with Gasteiger partial charge in [0.25, 0.3) is 0 Å². The minimum Gasteiger partial charge on any atom is -0.480 e. The quantitative estimate of drug-likeness (QED) is 0.550. The number of benzene rings is 3. The van der Waals surface area contributed by atoms with Crippen LogP contribution in [0.2, 0.25) is 0 Å². The van der Waals surface area contributed by atoms with Gasteiger partial charge in [0.1, 0.15) is 12.6 Å². The predicted octanol–water partition coefficient (Wildman–Crippen LogP) is 5.10. The van der Waals surface area contributed by atoms with Crippen molar-refractivity contribution in [3.05, 3.63) is 95.1 Å². The summed E-state index contributed by atoms with van der Waals surface area (Å²) < 4.78 is 5.50.